The van der Waals surface area contributed by atoms with Crippen LogP contribution in [0.25, 0.3) is 59.1 Å². The minimum atomic E-state index is -0.396. The average Bonchev–Trinajstić information content (AvgIpc) is 3.59. The van der Waals surface area contributed by atoms with Crippen LogP contribution in [0.3, 0.4) is 0 Å². The number of nitrogens with zero attached hydrogens (tertiary/aromatic N) is 2. The first kappa shape index (κ1) is 24.8. The van der Waals surface area contributed by atoms with Crippen LogP contribution in [0.15, 0.2) is 103 Å². The van der Waals surface area contributed by atoms with E-state index in [1.165, 1.54) is 36.6 Å². The van der Waals surface area contributed by atoms with Gasteiger partial charge >= 0.3 is 7.12 Å². The molecule has 0 radical (unpaired) electrons. The van der Waals surface area contributed by atoms with E-state index in [0.29, 0.717) is 0 Å². The zero-order valence-electron chi connectivity index (χ0n) is 23.5. The fourth-order valence-electron chi connectivity index (χ4n) is 5.98. The van der Waals surface area contributed by atoms with Crippen LogP contribution in [0.4, 0.5) is 0 Å². The summed E-state index contributed by atoms with van der Waals surface area (Å²) in [5.41, 5.74) is 6.88. The molecule has 0 atom stereocenters. The number of fused-ring (bicyclic) bond motifs is 7. The fourth-order valence-corrected chi connectivity index (χ4v) is 7.33. The lowest BCUT2D eigenvalue weighted by molar-refractivity contribution is 0.00578. The Labute approximate surface area is 243 Å². The van der Waals surface area contributed by atoms with E-state index in [4.69, 9.17) is 14.3 Å². The van der Waals surface area contributed by atoms with Gasteiger partial charge < -0.3 is 13.9 Å². The minimum absolute atomic E-state index is 0.379. The van der Waals surface area contributed by atoms with Crippen molar-refractivity contribution in [2.24, 2.45) is 0 Å². The van der Waals surface area contributed by atoms with Gasteiger partial charge in [0.15, 0.2) is 0 Å². The summed E-state index contributed by atoms with van der Waals surface area (Å²) in [6, 6.07) is 36.4. The summed E-state index contributed by atoms with van der Waals surface area (Å²) in [6.45, 7) is 8.35. The SMILES string of the molecule is CC1(C)OB(c2ccc(-c3nc4ccccc4c4sc5c6ccccc6n(-c6ccccc6)c5c34)cc2)OC1(C)C. The number of thiophene rings is 1. The number of hydrogen-bond donors (Lipinski definition) is 0. The molecule has 4 heterocycles. The third-order valence-corrected chi connectivity index (χ3v) is 10.1. The van der Waals surface area contributed by atoms with Crippen LogP contribution in [-0.4, -0.2) is 27.9 Å². The summed E-state index contributed by atoms with van der Waals surface area (Å²) in [4.78, 5) is 5.31. The van der Waals surface area contributed by atoms with Crippen molar-refractivity contribution in [2.45, 2.75) is 38.9 Å². The molecule has 0 spiro atoms. The molecule has 1 fully saturated rings. The van der Waals surface area contributed by atoms with Crippen molar-refractivity contribution in [1.29, 1.82) is 0 Å². The average molecular weight is 553 g/mol. The Kier molecular flexibility index (Phi) is 5.30. The Morgan fingerprint density at radius 2 is 1.32 bits per heavy atom. The quantitative estimate of drug-likeness (QED) is 0.206. The Morgan fingerprint density at radius 3 is 2.05 bits per heavy atom. The van der Waals surface area contributed by atoms with E-state index in [2.05, 4.69) is 135 Å². The van der Waals surface area contributed by atoms with E-state index in [1.54, 1.807) is 0 Å². The van der Waals surface area contributed by atoms with Crippen LogP contribution < -0.4 is 5.46 Å². The van der Waals surface area contributed by atoms with Crippen molar-refractivity contribution < 1.29 is 9.31 Å². The minimum Gasteiger partial charge on any atom is -0.399 e. The molecular weight excluding hydrogens is 523 g/mol. The number of pyridine rings is 1. The van der Waals surface area contributed by atoms with Crippen molar-refractivity contribution in [3.63, 3.8) is 0 Å². The molecule has 0 N–H and O–H groups in total. The van der Waals surface area contributed by atoms with Crippen molar-refractivity contribution in [2.75, 3.05) is 0 Å². The molecule has 41 heavy (non-hydrogen) atoms. The zero-order chi connectivity index (χ0) is 27.9. The smallest absolute Gasteiger partial charge is 0.399 e. The van der Waals surface area contributed by atoms with E-state index in [1.807, 2.05) is 11.3 Å². The molecule has 0 aliphatic carbocycles. The van der Waals surface area contributed by atoms with Crippen LogP contribution in [0.5, 0.6) is 0 Å². The molecule has 1 aliphatic heterocycles. The van der Waals surface area contributed by atoms with Crippen LogP contribution in [0.1, 0.15) is 27.7 Å². The monoisotopic (exact) mass is 552 g/mol. The number of benzene rings is 4. The lowest BCUT2D eigenvalue weighted by Gasteiger charge is -2.32. The molecule has 1 aliphatic rings. The molecule has 0 saturated carbocycles. The normalized spacial score (nSPS) is 16.4. The summed E-state index contributed by atoms with van der Waals surface area (Å²) in [7, 11) is -0.396. The highest BCUT2D eigenvalue weighted by atomic mass is 32.1. The molecule has 4 nitrogen and oxygen atoms in total. The third-order valence-electron chi connectivity index (χ3n) is 8.84. The van der Waals surface area contributed by atoms with Gasteiger partial charge in [-0.1, -0.05) is 78.9 Å². The topological polar surface area (TPSA) is 36.3 Å². The summed E-state index contributed by atoms with van der Waals surface area (Å²) < 4.78 is 17.6. The number of aromatic nitrogens is 2. The Hall–Kier alpha value is -3.97. The molecule has 1 saturated heterocycles. The predicted octanol–water partition coefficient (Wildman–Crippen LogP) is 8.51. The van der Waals surface area contributed by atoms with Crippen molar-refractivity contribution >= 4 is 66.0 Å². The molecule has 7 aromatic rings. The highest BCUT2D eigenvalue weighted by Gasteiger charge is 2.51. The molecule has 6 heteroatoms. The van der Waals surface area contributed by atoms with E-state index >= 15 is 0 Å². The number of rotatable bonds is 3. The van der Waals surface area contributed by atoms with Crippen LogP contribution in [0, 0.1) is 0 Å². The Morgan fingerprint density at radius 1 is 0.683 bits per heavy atom. The van der Waals surface area contributed by atoms with Gasteiger partial charge in [0.1, 0.15) is 0 Å². The van der Waals surface area contributed by atoms with Gasteiger partial charge in [-0.25, -0.2) is 4.98 Å². The van der Waals surface area contributed by atoms with Crippen LogP contribution in [0.2, 0.25) is 0 Å². The second kappa shape index (κ2) is 8.77. The third kappa shape index (κ3) is 3.64. The summed E-state index contributed by atoms with van der Waals surface area (Å²) in [6.07, 6.45) is 0. The number of para-hydroxylation sites is 3. The molecule has 200 valence electrons. The molecular formula is C35H29BN2O2S. The van der Waals surface area contributed by atoms with Gasteiger partial charge in [-0.3, -0.25) is 0 Å². The lowest BCUT2D eigenvalue weighted by atomic mass is 9.78. The lowest BCUT2D eigenvalue weighted by Crippen LogP contribution is -2.41. The molecule has 3 aromatic heterocycles. The van der Waals surface area contributed by atoms with Gasteiger partial charge in [-0.15, -0.1) is 11.3 Å². The maximum atomic E-state index is 6.33. The first-order chi connectivity index (χ1) is 19.8. The van der Waals surface area contributed by atoms with E-state index in [-0.39, 0.29) is 11.2 Å². The molecule has 4 aromatic carbocycles. The Bertz CT molecular complexity index is 2090. The standard InChI is InChI=1S/C35H29BN2O2S/c1-34(2)35(3,4)40-36(39-34)23-20-18-22(19-21-23)30-29-31-33(41-32(29)25-14-8-10-16-27(25)37-30)26-15-9-11-17-28(26)38(31)24-12-6-5-7-13-24/h5-21H,1-4H3. The van der Waals surface area contributed by atoms with Gasteiger partial charge in [0.05, 0.1) is 38.1 Å². The van der Waals surface area contributed by atoms with Crippen LogP contribution in [-0.2, 0) is 9.31 Å². The second-order valence-electron chi connectivity index (χ2n) is 11.9. The van der Waals surface area contributed by atoms with Gasteiger partial charge in [0.25, 0.3) is 0 Å². The van der Waals surface area contributed by atoms with Gasteiger partial charge in [0.2, 0.25) is 0 Å². The van der Waals surface area contributed by atoms with E-state index in [9.17, 15) is 0 Å². The van der Waals surface area contributed by atoms with Crippen molar-refractivity contribution in [3.05, 3.63) is 103 Å². The fraction of sp³-hybridized carbons (Fsp3) is 0.171. The maximum Gasteiger partial charge on any atom is 0.494 e. The maximum absolute atomic E-state index is 6.33. The molecule has 0 unspecified atom stereocenters. The van der Waals surface area contributed by atoms with Crippen molar-refractivity contribution in [1.82, 2.24) is 9.55 Å². The van der Waals surface area contributed by atoms with Gasteiger partial charge in [-0.2, -0.15) is 0 Å². The van der Waals surface area contributed by atoms with E-state index < -0.39 is 7.12 Å². The summed E-state index contributed by atoms with van der Waals surface area (Å²) in [5, 5.41) is 3.64. The Balaban J connectivity index is 1.40. The highest BCUT2D eigenvalue weighted by molar-refractivity contribution is 7.27. The zero-order valence-corrected chi connectivity index (χ0v) is 24.3. The molecule has 0 amide bonds. The summed E-state index contributed by atoms with van der Waals surface area (Å²) >= 11 is 1.87. The first-order valence-electron chi connectivity index (χ1n) is 14.1. The van der Waals surface area contributed by atoms with Crippen LogP contribution >= 0.6 is 11.3 Å². The van der Waals surface area contributed by atoms with Gasteiger partial charge in [-0.05, 0) is 57.4 Å². The molecule has 0 bridgehead atoms. The predicted molar refractivity (Wildman–Crippen MR) is 173 cm³/mol. The first-order valence-corrected chi connectivity index (χ1v) is 14.9. The van der Waals surface area contributed by atoms with E-state index in [0.717, 1.165) is 27.9 Å². The highest BCUT2D eigenvalue weighted by Crippen LogP contribution is 2.47. The number of hydrogen-bond acceptors (Lipinski definition) is 4. The van der Waals surface area contributed by atoms with Gasteiger partial charge in [0, 0.05) is 32.1 Å². The summed E-state index contributed by atoms with van der Waals surface area (Å²) in [5.74, 6) is 0. The van der Waals surface area contributed by atoms with Crippen molar-refractivity contribution in [3.8, 4) is 16.9 Å². The second-order valence-corrected chi connectivity index (χ2v) is 12.9. The molecule has 8 rings (SSSR count). The largest absolute Gasteiger partial charge is 0.494 e.